The van der Waals surface area contributed by atoms with E-state index in [9.17, 15) is 28.5 Å². The van der Waals surface area contributed by atoms with E-state index in [-0.39, 0.29) is 11.1 Å². The topological polar surface area (TPSA) is 177 Å². The number of aliphatic hydroxyl groups excluding tert-OH is 4. The van der Waals surface area contributed by atoms with Crippen LogP contribution in [0.5, 0.6) is 0 Å². The number of esters is 1. The second kappa shape index (κ2) is 7.33. The number of ether oxygens (including phenoxy) is 2. The molecule has 0 radical (unpaired) electrons. The number of aliphatic hydroxyl groups is 4. The smallest absolute Gasteiger partial charge is 0.341 e. The second-order valence-corrected chi connectivity index (χ2v) is 7.10. The molecular formula is C14H19NO9S. The molecule has 1 heterocycles. The van der Waals surface area contributed by atoms with Gasteiger partial charge >= 0.3 is 5.97 Å². The maximum Gasteiger partial charge on any atom is 0.341 e. The number of carbonyl (C=O) groups is 1. The Morgan fingerprint density at radius 3 is 2.44 bits per heavy atom. The van der Waals surface area contributed by atoms with Gasteiger partial charge in [0.2, 0.25) is 16.3 Å². The third kappa shape index (κ3) is 3.98. The van der Waals surface area contributed by atoms with E-state index in [4.69, 9.17) is 19.7 Å². The van der Waals surface area contributed by atoms with Gasteiger partial charge in [-0.1, -0.05) is 12.1 Å². The normalized spacial score (nSPS) is 30.1. The number of rotatable bonds is 4. The predicted octanol–water partition coefficient (Wildman–Crippen LogP) is -2.40. The summed E-state index contributed by atoms with van der Waals surface area (Å²) in [5.41, 5.74) is -0.162. The third-order valence-electron chi connectivity index (χ3n) is 3.79. The summed E-state index contributed by atoms with van der Waals surface area (Å²) >= 11 is 0. The first-order valence-electron chi connectivity index (χ1n) is 7.21. The van der Waals surface area contributed by atoms with Crippen LogP contribution in [0, 0.1) is 6.92 Å². The number of aryl methyl sites for hydroxylation is 1. The number of sulfonamides is 1. The first-order chi connectivity index (χ1) is 11.6. The van der Waals surface area contributed by atoms with E-state index >= 15 is 0 Å². The van der Waals surface area contributed by atoms with Gasteiger partial charge in [-0.2, -0.15) is 0 Å². The van der Waals surface area contributed by atoms with Gasteiger partial charge in [-0.3, -0.25) is 0 Å². The molecule has 6 N–H and O–H groups in total. The molecule has 0 unspecified atom stereocenters. The van der Waals surface area contributed by atoms with E-state index < -0.39 is 58.2 Å². The summed E-state index contributed by atoms with van der Waals surface area (Å²) in [4.78, 5) is 11.9. The molecule has 0 saturated carbocycles. The summed E-state index contributed by atoms with van der Waals surface area (Å²) in [7, 11) is -4.23. The fourth-order valence-corrected chi connectivity index (χ4v) is 3.50. The average molecular weight is 377 g/mol. The van der Waals surface area contributed by atoms with E-state index in [1.54, 1.807) is 0 Å². The Kier molecular flexibility index (Phi) is 5.79. The summed E-state index contributed by atoms with van der Waals surface area (Å²) in [6.07, 6.45) is -8.15. The van der Waals surface area contributed by atoms with E-state index in [0.717, 1.165) is 0 Å². The highest BCUT2D eigenvalue weighted by Gasteiger charge is 2.45. The van der Waals surface area contributed by atoms with E-state index in [1.165, 1.54) is 25.1 Å². The van der Waals surface area contributed by atoms with Crippen molar-refractivity contribution < 1.29 is 43.1 Å². The number of benzene rings is 1. The summed E-state index contributed by atoms with van der Waals surface area (Å²) in [6, 6.07) is 4.01. The van der Waals surface area contributed by atoms with Gasteiger partial charge in [0.1, 0.15) is 24.4 Å². The highest BCUT2D eigenvalue weighted by Crippen LogP contribution is 2.25. The van der Waals surface area contributed by atoms with Gasteiger partial charge in [-0.05, 0) is 18.6 Å². The fraction of sp³-hybridized carbons (Fsp3) is 0.500. The highest BCUT2D eigenvalue weighted by molar-refractivity contribution is 7.89. The Balaban J connectivity index is 2.30. The molecule has 1 aromatic rings. The van der Waals surface area contributed by atoms with Crippen molar-refractivity contribution in [2.24, 2.45) is 5.14 Å². The minimum absolute atomic E-state index is 0.214. The van der Waals surface area contributed by atoms with Crippen LogP contribution in [0.25, 0.3) is 0 Å². The number of hydrogen-bond donors (Lipinski definition) is 5. The van der Waals surface area contributed by atoms with Gasteiger partial charge in [0, 0.05) is 0 Å². The molecule has 0 spiro atoms. The minimum atomic E-state index is -4.23. The van der Waals surface area contributed by atoms with Crippen LogP contribution >= 0.6 is 0 Å². The molecule has 10 nitrogen and oxygen atoms in total. The zero-order valence-electron chi connectivity index (χ0n) is 13.1. The van der Waals surface area contributed by atoms with E-state index in [0.29, 0.717) is 0 Å². The molecule has 140 valence electrons. The summed E-state index contributed by atoms with van der Waals surface area (Å²) in [6.45, 7) is 0.732. The summed E-state index contributed by atoms with van der Waals surface area (Å²) in [5, 5.41) is 43.5. The lowest BCUT2D eigenvalue weighted by Gasteiger charge is -2.39. The van der Waals surface area contributed by atoms with Crippen LogP contribution in [0.2, 0.25) is 0 Å². The maximum atomic E-state index is 12.3. The molecule has 0 aliphatic carbocycles. The summed E-state index contributed by atoms with van der Waals surface area (Å²) in [5.74, 6) is -1.17. The molecule has 1 aromatic carbocycles. The van der Waals surface area contributed by atoms with Gasteiger partial charge in [0.05, 0.1) is 17.1 Å². The van der Waals surface area contributed by atoms with Crippen molar-refractivity contribution in [2.45, 2.75) is 42.5 Å². The molecule has 11 heteroatoms. The lowest BCUT2D eigenvalue weighted by Crippen LogP contribution is -2.59. The van der Waals surface area contributed by atoms with Crippen molar-refractivity contribution in [3.63, 3.8) is 0 Å². The molecule has 1 fully saturated rings. The molecule has 5 atom stereocenters. The van der Waals surface area contributed by atoms with Crippen molar-refractivity contribution in [1.82, 2.24) is 0 Å². The van der Waals surface area contributed by atoms with Crippen molar-refractivity contribution >= 4 is 16.0 Å². The third-order valence-corrected chi connectivity index (χ3v) is 4.90. The van der Waals surface area contributed by atoms with Crippen molar-refractivity contribution in [3.8, 4) is 0 Å². The van der Waals surface area contributed by atoms with Gasteiger partial charge < -0.3 is 29.9 Å². The molecule has 0 bridgehead atoms. The van der Waals surface area contributed by atoms with E-state index in [2.05, 4.69) is 0 Å². The molecule has 0 amide bonds. The number of hydrogen-bond acceptors (Lipinski definition) is 9. The van der Waals surface area contributed by atoms with Crippen molar-refractivity contribution in [1.29, 1.82) is 0 Å². The molecular weight excluding hydrogens is 358 g/mol. The predicted molar refractivity (Wildman–Crippen MR) is 81.7 cm³/mol. The quantitative estimate of drug-likeness (QED) is 0.358. The monoisotopic (exact) mass is 377 g/mol. The number of carbonyl (C=O) groups excluding carboxylic acids is 1. The Morgan fingerprint density at radius 2 is 1.88 bits per heavy atom. The van der Waals surface area contributed by atoms with Crippen LogP contribution in [0.4, 0.5) is 0 Å². The van der Waals surface area contributed by atoms with Crippen LogP contribution in [0.3, 0.4) is 0 Å². The Morgan fingerprint density at radius 1 is 1.24 bits per heavy atom. The average Bonchev–Trinajstić information content (AvgIpc) is 2.53. The Hall–Kier alpha value is -1.60. The number of nitrogens with two attached hydrogens (primary N) is 1. The Labute approximate surface area is 143 Å². The maximum absolute atomic E-state index is 12.3. The van der Waals surface area contributed by atoms with E-state index in [1.807, 2.05) is 0 Å². The molecule has 1 aliphatic rings. The zero-order valence-corrected chi connectivity index (χ0v) is 14.0. The lowest BCUT2D eigenvalue weighted by atomic mass is 9.99. The molecule has 1 saturated heterocycles. The fourth-order valence-electron chi connectivity index (χ4n) is 2.52. The molecule has 2 rings (SSSR count). The van der Waals surface area contributed by atoms with Crippen LogP contribution in [-0.4, -0.2) is 72.1 Å². The molecule has 1 aliphatic heterocycles. The second-order valence-electron chi connectivity index (χ2n) is 5.60. The van der Waals surface area contributed by atoms with Crippen LogP contribution in [-0.2, 0) is 19.5 Å². The first-order valence-corrected chi connectivity index (χ1v) is 8.76. The highest BCUT2D eigenvalue weighted by atomic mass is 32.2. The number of primary sulfonamides is 1. The largest absolute Gasteiger partial charge is 0.429 e. The van der Waals surface area contributed by atoms with Gasteiger partial charge in [0.25, 0.3) is 0 Å². The van der Waals surface area contributed by atoms with Crippen LogP contribution in [0.1, 0.15) is 15.9 Å². The lowest BCUT2D eigenvalue weighted by molar-refractivity contribution is -0.285. The Bertz CT molecular complexity index is 749. The van der Waals surface area contributed by atoms with Gasteiger partial charge in [-0.25, -0.2) is 18.4 Å². The van der Waals surface area contributed by atoms with Crippen LogP contribution in [0.15, 0.2) is 23.1 Å². The van der Waals surface area contributed by atoms with Crippen molar-refractivity contribution in [2.75, 3.05) is 6.61 Å². The standard InChI is InChI=1S/C14H19NO9S/c1-6-3-2-4-7(12(6)25(15,21)22)13(20)24-14-11(19)10(18)9(17)8(5-16)23-14/h2-4,8-11,14,16-19H,5H2,1H3,(H2,15,21,22)/t8-,9-,10+,11-,14+/m1/s1. The zero-order chi connectivity index (χ0) is 18.9. The van der Waals surface area contributed by atoms with Crippen LogP contribution < -0.4 is 5.14 Å². The molecule has 0 aromatic heterocycles. The summed E-state index contributed by atoms with van der Waals surface area (Å²) < 4.78 is 33.4. The van der Waals surface area contributed by atoms with Crippen molar-refractivity contribution in [3.05, 3.63) is 29.3 Å². The SMILES string of the molecule is Cc1cccc(C(=O)O[C@@H]2O[C@H](CO)[C@@H](O)[C@H](O)[C@H]2O)c1S(N)(=O)=O. The first kappa shape index (κ1) is 19.7. The van der Waals surface area contributed by atoms with Gasteiger partial charge in [-0.15, -0.1) is 0 Å². The molecule has 25 heavy (non-hydrogen) atoms. The van der Waals surface area contributed by atoms with Gasteiger partial charge in [0.15, 0.2) is 0 Å². The minimum Gasteiger partial charge on any atom is -0.429 e.